The smallest absolute Gasteiger partial charge is 0.191 e. The molecule has 0 aliphatic carbocycles. The van der Waals surface area contributed by atoms with Gasteiger partial charge >= 0.3 is 0 Å². The van der Waals surface area contributed by atoms with Crippen LogP contribution in [0.15, 0.2) is 4.99 Å². The molecule has 0 spiro atoms. The fraction of sp³-hybridized carbons (Fsp3) is 0.786. The first kappa shape index (κ1) is 22.8. The van der Waals surface area contributed by atoms with Crippen LogP contribution in [-0.2, 0) is 13.6 Å². The van der Waals surface area contributed by atoms with E-state index in [1.807, 2.05) is 42.1 Å². The molecule has 0 saturated heterocycles. The van der Waals surface area contributed by atoms with Gasteiger partial charge in [-0.15, -0.1) is 34.2 Å². The lowest BCUT2D eigenvalue weighted by atomic mass is 10.4. The summed E-state index contributed by atoms with van der Waals surface area (Å²) < 4.78 is 1.97. The lowest BCUT2D eigenvalue weighted by Crippen LogP contribution is -2.40. The Bertz CT molecular complexity index is 466. The number of rotatable bonds is 9. The standard InChI is InChI=1S/C14H28N6S2.HI/c1-11(22-5)9-16-14(15-7-6-8-21-4)17-10-13-19-18-12(2)20(13)3;/h11H,6-10H2,1-5H3,(H2,15,16,17);1H. The van der Waals surface area contributed by atoms with Gasteiger partial charge in [0.1, 0.15) is 12.4 Å². The van der Waals surface area contributed by atoms with Crippen LogP contribution >= 0.6 is 47.5 Å². The van der Waals surface area contributed by atoms with E-state index in [0.29, 0.717) is 11.8 Å². The third-order valence-corrected chi connectivity index (χ3v) is 5.01. The first-order valence-electron chi connectivity index (χ1n) is 7.47. The molecule has 0 aliphatic rings. The normalized spacial score (nSPS) is 12.7. The summed E-state index contributed by atoms with van der Waals surface area (Å²) in [7, 11) is 1.97. The van der Waals surface area contributed by atoms with Gasteiger partial charge in [0.2, 0.25) is 0 Å². The lowest BCUT2D eigenvalue weighted by molar-refractivity contribution is 0.741. The van der Waals surface area contributed by atoms with E-state index >= 15 is 0 Å². The molecule has 0 bridgehead atoms. The number of aliphatic imine (C=N–C) groups is 1. The molecule has 1 rings (SSSR count). The van der Waals surface area contributed by atoms with Crippen LogP contribution in [0.4, 0.5) is 0 Å². The van der Waals surface area contributed by atoms with Gasteiger partial charge in [0.25, 0.3) is 0 Å². The Labute approximate surface area is 165 Å². The Kier molecular flexibility index (Phi) is 13.1. The molecular weight excluding hydrogens is 443 g/mol. The predicted octanol–water partition coefficient (Wildman–Crippen LogP) is 2.28. The summed E-state index contributed by atoms with van der Waals surface area (Å²) in [6.07, 6.45) is 5.38. The minimum Gasteiger partial charge on any atom is -0.356 e. The summed E-state index contributed by atoms with van der Waals surface area (Å²) in [5, 5.41) is 15.6. The molecule has 1 aromatic heterocycles. The van der Waals surface area contributed by atoms with E-state index in [4.69, 9.17) is 0 Å². The van der Waals surface area contributed by atoms with E-state index in [1.165, 1.54) is 0 Å². The van der Waals surface area contributed by atoms with Crippen LogP contribution in [0.3, 0.4) is 0 Å². The monoisotopic (exact) mass is 472 g/mol. The maximum Gasteiger partial charge on any atom is 0.191 e. The highest BCUT2D eigenvalue weighted by atomic mass is 127. The molecule has 0 saturated carbocycles. The molecule has 1 heterocycles. The Morgan fingerprint density at radius 1 is 1.30 bits per heavy atom. The molecule has 23 heavy (non-hydrogen) atoms. The van der Waals surface area contributed by atoms with Crippen LogP contribution in [0.2, 0.25) is 0 Å². The fourth-order valence-electron chi connectivity index (χ4n) is 1.66. The minimum absolute atomic E-state index is 0. The van der Waals surface area contributed by atoms with Crippen molar-refractivity contribution < 1.29 is 0 Å². The SMILES string of the molecule is CSCCCNC(=NCc1nnc(C)n1C)NCC(C)SC.I. The number of nitrogens with zero attached hydrogens (tertiary/aromatic N) is 4. The summed E-state index contributed by atoms with van der Waals surface area (Å²) in [5.41, 5.74) is 0. The molecule has 0 radical (unpaired) electrons. The van der Waals surface area contributed by atoms with Gasteiger partial charge < -0.3 is 15.2 Å². The van der Waals surface area contributed by atoms with Crippen molar-refractivity contribution >= 4 is 53.5 Å². The average molecular weight is 472 g/mol. The number of hydrogen-bond donors (Lipinski definition) is 2. The molecule has 0 fully saturated rings. The third kappa shape index (κ3) is 9.04. The van der Waals surface area contributed by atoms with Gasteiger partial charge in [-0.3, -0.25) is 0 Å². The Hall–Kier alpha value is -0.160. The largest absolute Gasteiger partial charge is 0.356 e. The summed E-state index contributed by atoms with van der Waals surface area (Å²) >= 11 is 3.71. The van der Waals surface area contributed by atoms with Crippen LogP contribution in [-0.4, -0.2) is 57.3 Å². The van der Waals surface area contributed by atoms with E-state index in [0.717, 1.165) is 42.9 Å². The van der Waals surface area contributed by atoms with Crippen molar-refractivity contribution in [3.63, 3.8) is 0 Å². The van der Waals surface area contributed by atoms with Crippen LogP contribution < -0.4 is 10.6 Å². The van der Waals surface area contributed by atoms with Crippen molar-refractivity contribution in [2.75, 3.05) is 31.4 Å². The average Bonchev–Trinajstić information content (AvgIpc) is 2.84. The topological polar surface area (TPSA) is 67.1 Å². The van der Waals surface area contributed by atoms with E-state index in [2.05, 4.69) is 45.3 Å². The molecule has 0 aliphatic heterocycles. The molecule has 0 aromatic carbocycles. The molecule has 6 nitrogen and oxygen atoms in total. The van der Waals surface area contributed by atoms with Crippen LogP contribution in [0, 0.1) is 6.92 Å². The second-order valence-electron chi connectivity index (χ2n) is 5.09. The number of halogens is 1. The second kappa shape index (κ2) is 13.2. The maximum absolute atomic E-state index is 4.63. The predicted molar refractivity (Wildman–Crippen MR) is 114 cm³/mol. The van der Waals surface area contributed by atoms with Crippen LogP contribution in [0.1, 0.15) is 25.0 Å². The van der Waals surface area contributed by atoms with Crippen LogP contribution in [0.25, 0.3) is 0 Å². The summed E-state index contributed by atoms with van der Waals surface area (Å²) in [6, 6.07) is 0. The molecule has 1 aromatic rings. The summed E-state index contributed by atoms with van der Waals surface area (Å²) in [4.78, 5) is 4.63. The second-order valence-corrected chi connectivity index (χ2v) is 7.35. The molecular formula is C14H29IN6S2. The Morgan fingerprint density at radius 3 is 2.61 bits per heavy atom. The van der Waals surface area contributed by atoms with Gasteiger partial charge in [0.15, 0.2) is 11.8 Å². The fourth-order valence-corrected chi connectivity index (χ4v) is 2.34. The number of guanidine groups is 1. The molecule has 134 valence electrons. The summed E-state index contributed by atoms with van der Waals surface area (Å²) in [6.45, 7) is 6.50. The van der Waals surface area contributed by atoms with Crippen LogP contribution in [0.5, 0.6) is 0 Å². The van der Waals surface area contributed by atoms with E-state index < -0.39 is 0 Å². The maximum atomic E-state index is 4.63. The minimum atomic E-state index is 0. The van der Waals surface area contributed by atoms with Gasteiger partial charge in [-0.05, 0) is 31.6 Å². The molecule has 2 N–H and O–H groups in total. The number of hydrogen-bond acceptors (Lipinski definition) is 5. The quantitative estimate of drug-likeness (QED) is 0.249. The highest BCUT2D eigenvalue weighted by molar-refractivity contribution is 14.0. The lowest BCUT2D eigenvalue weighted by Gasteiger charge is -2.15. The van der Waals surface area contributed by atoms with Crippen molar-refractivity contribution in [2.24, 2.45) is 12.0 Å². The van der Waals surface area contributed by atoms with Crippen molar-refractivity contribution in [2.45, 2.75) is 32.1 Å². The number of aromatic nitrogens is 3. The van der Waals surface area contributed by atoms with Gasteiger partial charge in [-0.2, -0.15) is 23.5 Å². The molecule has 0 amide bonds. The zero-order valence-corrected chi connectivity index (χ0v) is 18.6. The van der Waals surface area contributed by atoms with Gasteiger partial charge in [0, 0.05) is 25.4 Å². The Morgan fingerprint density at radius 2 is 2.04 bits per heavy atom. The van der Waals surface area contributed by atoms with Gasteiger partial charge in [-0.1, -0.05) is 6.92 Å². The zero-order chi connectivity index (χ0) is 16.4. The van der Waals surface area contributed by atoms with Crippen molar-refractivity contribution in [1.82, 2.24) is 25.4 Å². The van der Waals surface area contributed by atoms with E-state index in [1.54, 1.807) is 0 Å². The first-order chi connectivity index (χ1) is 10.6. The molecule has 1 atom stereocenters. The van der Waals surface area contributed by atoms with Crippen molar-refractivity contribution in [3.8, 4) is 0 Å². The highest BCUT2D eigenvalue weighted by Crippen LogP contribution is 2.03. The molecule has 9 heteroatoms. The van der Waals surface area contributed by atoms with Gasteiger partial charge in [0.05, 0.1) is 0 Å². The highest BCUT2D eigenvalue weighted by Gasteiger charge is 2.06. The third-order valence-electron chi connectivity index (χ3n) is 3.34. The Balaban J connectivity index is 0.00000484. The number of aryl methyl sites for hydroxylation is 1. The van der Waals surface area contributed by atoms with E-state index in [-0.39, 0.29) is 24.0 Å². The van der Waals surface area contributed by atoms with Crippen molar-refractivity contribution in [1.29, 1.82) is 0 Å². The van der Waals surface area contributed by atoms with Crippen molar-refractivity contribution in [3.05, 3.63) is 11.6 Å². The van der Waals surface area contributed by atoms with E-state index in [9.17, 15) is 0 Å². The number of thioether (sulfide) groups is 2. The zero-order valence-electron chi connectivity index (χ0n) is 14.6. The van der Waals surface area contributed by atoms with Gasteiger partial charge in [-0.25, -0.2) is 4.99 Å². The summed E-state index contributed by atoms with van der Waals surface area (Å²) in [5.74, 6) is 3.79. The molecule has 1 unspecified atom stereocenters. The number of nitrogens with one attached hydrogen (secondary N) is 2. The first-order valence-corrected chi connectivity index (χ1v) is 10.2.